The molecule has 0 bridgehead atoms. The molecule has 4 rings (SSSR count). The van der Waals surface area contributed by atoms with Crippen LogP contribution in [0, 0.1) is 0 Å². The van der Waals surface area contributed by atoms with Gasteiger partial charge in [-0.2, -0.15) is 0 Å². The molecule has 0 aliphatic carbocycles. The number of fused-ring (bicyclic) bond motifs is 1. The van der Waals surface area contributed by atoms with Crippen molar-refractivity contribution in [2.24, 2.45) is 0 Å². The maximum atomic E-state index is 12.9. The fourth-order valence-corrected chi connectivity index (χ4v) is 4.76. The Morgan fingerprint density at radius 3 is 2.14 bits per heavy atom. The van der Waals surface area contributed by atoms with Crippen LogP contribution in [0.15, 0.2) is 72.8 Å². The molecule has 3 aromatic carbocycles. The van der Waals surface area contributed by atoms with Crippen LogP contribution in [0.2, 0.25) is 10.0 Å². The Labute approximate surface area is 224 Å². The lowest BCUT2D eigenvalue weighted by Crippen LogP contribution is -2.27. The zero-order valence-corrected chi connectivity index (χ0v) is 21.6. The number of nitrogens with zero attached hydrogens (tertiary/aromatic N) is 2. The van der Waals surface area contributed by atoms with Crippen molar-refractivity contribution < 1.29 is 4.79 Å². The van der Waals surface area contributed by atoms with Gasteiger partial charge in [0.05, 0.1) is 26.9 Å². The van der Waals surface area contributed by atoms with Gasteiger partial charge in [-0.25, -0.2) is 9.78 Å². The number of anilines is 3. The van der Waals surface area contributed by atoms with Gasteiger partial charge in [-0.15, -0.1) is 23.2 Å². The average molecular weight is 548 g/mol. The molecule has 0 aliphatic rings. The van der Waals surface area contributed by atoms with Crippen molar-refractivity contribution in [3.05, 3.63) is 82.8 Å². The minimum Gasteiger partial charge on any atom is -0.369 e. The van der Waals surface area contributed by atoms with Gasteiger partial charge in [-0.3, -0.25) is 0 Å². The largest absolute Gasteiger partial charge is 0.369 e. The molecule has 0 saturated heterocycles. The van der Waals surface area contributed by atoms with Gasteiger partial charge in [0, 0.05) is 47.2 Å². The molecule has 180 valence electrons. The van der Waals surface area contributed by atoms with E-state index in [1.807, 2.05) is 48.5 Å². The number of urea groups is 1. The Kier molecular flexibility index (Phi) is 8.58. The smallest absolute Gasteiger partial charge is 0.323 e. The number of carbonyl (C=O) groups excluding carboxylic acids is 1. The standard InChI is InChI=1S/C26H22Cl4N4O/c27-12-14-34(15-13-28)18-10-8-17(9-11-18)31-26(35)33-23-16-24(25-20(29)5-3-6-21(25)30)32-22-7-2-1-4-19(22)23/h1-11,16H,12-15H2,(H2,31,32,33,35). The van der Waals surface area contributed by atoms with E-state index in [-0.39, 0.29) is 6.03 Å². The van der Waals surface area contributed by atoms with Crippen molar-refractivity contribution >= 4 is 80.4 Å². The molecule has 0 saturated carbocycles. The van der Waals surface area contributed by atoms with E-state index in [1.54, 1.807) is 24.3 Å². The number of halogens is 4. The highest BCUT2D eigenvalue weighted by atomic mass is 35.5. The van der Waals surface area contributed by atoms with Crippen molar-refractivity contribution in [2.75, 3.05) is 40.4 Å². The molecular formula is C26H22Cl4N4O. The van der Waals surface area contributed by atoms with Gasteiger partial charge in [-0.05, 0) is 48.5 Å². The summed E-state index contributed by atoms with van der Waals surface area (Å²) in [6.45, 7) is 1.38. The molecule has 2 N–H and O–H groups in total. The summed E-state index contributed by atoms with van der Waals surface area (Å²) in [6, 6.07) is 21.7. The van der Waals surface area contributed by atoms with E-state index < -0.39 is 0 Å². The molecule has 0 radical (unpaired) electrons. The van der Waals surface area contributed by atoms with Crippen LogP contribution in [0.25, 0.3) is 22.2 Å². The predicted octanol–water partition coefficient (Wildman–Crippen LogP) is 8.14. The first kappa shape index (κ1) is 25.4. The van der Waals surface area contributed by atoms with Gasteiger partial charge in [0.1, 0.15) is 0 Å². The van der Waals surface area contributed by atoms with Gasteiger partial charge in [0.25, 0.3) is 0 Å². The summed E-state index contributed by atoms with van der Waals surface area (Å²) in [5.74, 6) is 1.00. The molecule has 35 heavy (non-hydrogen) atoms. The van der Waals surface area contributed by atoms with Crippen LogP contribution in [0.1, 0.15) is 0 Å². The number of hydrogen-bond donors (Lipinski definition) is 2. The monoisotopic (exact) mass is 546 g/mol. The van der Waals surface area contributed by atoms with E-state index >= 15 is 0 Å². The molecule has 1 heterocycles. The van der Waals surface area contributed by atoms with Crippen LogP contribution in [-0.4, -0.2) is 35.9 Å². The van der Waals surface area contributed by atoms with Crippen molar-refractivity contribution in [2.45, 2.75) is 0 Å². The van der Waals surface area contributed by atoms with Crippen molar-refractivity contribution in [1.29, 1.82) is 0 Å². The second-order valence-corrected chi connectivity index (χ2v) is 9.23. The normalized spacial score (nSPS) is 10.9. The highest BCUT2D eigenvalue weighted by Crippen LogP contribution is 2.36. The number of amides is 2. The first-order valence-electron chi connectivity index (χ1n) is 10.9. The van der Waals surface area contributed by atoms with Crippen LogP contribution in [0.3, 0.4) is 0 Å². The third-order valence-corrected chi connectivity index (χ3v) is 6.35. The predicted molar refractivity (Wildman–Crippen MR) is 150 cm³/mol. The maximum absolute atomic E-state index is 12.9. The molecule has 0 fully saturated rings. The summed E-state index contributed by atoms with van der Waals surface area (Å²) in [7, 11) is 0. The second kappa shape index (κ2) is 11.8. The number of aromatic nitrogens is 1. The molecule has 0 atom stereocenters. The van der Waals surface area contributed by atoms with E-state index in [1.165, 1.54) is 0 Å². The zero-order valence-electron chi connectivity index (χ0n) is 18.6. The highest BCUT2D eigenvalue weighted by Gasteiger charge is 2.15. The lowest BCUT2D eigenvalue weighted by molar-refractivity contribution is 0.262. The van der Waals surface area contributed by atoms with E-state index in [0.717, 1.165) is 11.1 Å². The maximum Gasteiger partial charge on any atom is 0.323 e. The second-order valence-electron chi connectivity index (χ2n) is 7.66. The van der Waals surface area contributed by atoms with Gasteiger partial charge >= 0.3 is 6.03 Å². The number of alkyl halides is 2. The summed E-state index contributed by atoms with van der Waals surface area (Å²) < 4.78 is 0. The number of para-hydroxylation sites is 1. The SMILES string of the molecule is O=C(Nc1ccc(N(CCCl)CCCl)cc1)Nc1cc(-c2c(Cl)cccc2Cl)nc2ccccc12. The number of nitrogens with one attached hydrogen (secondary N) is 2. The zero-order chi connectivity index (χ0) is 24.8. The van der Waals surface area contributed by atoms with Gasteiger partial charge in [0.15, 0.2) is 0 Å². The topological polar surface area (TPSA) is 57.3 Å². The fourth-order valence-electron chi connectivity index (χ4n) is 3.76. The van der Waals surface area contributed by atoms with E-state index in [9.17, 15) is 4.79 Å². The number of hydrogen-bond acceptors (Lipinski definition) is 3. The van der Waals surface area contributed by atoms with Gasteiger partial charge < -0.3 is 15.5 Å². The van der Waals surface area contributed by atoms with E-state index in [0.29, 0.717) is 63.0 Å². The number of benzene rings is 3. The lowest BCUT2D eigenvalue weighted by atomic mass is 10.1. The van der Waals surface area contributed by atoms with Crippen LogP contribution >= 0.6 is 46.4 Å². The Bertz CT molecular complexity index is 1300. The van der Waals surface area contributed by atoms with E-state index in [4.69, 9.17) is 51.4 Å². The van der Waals surface area contributed by atoms with Crippen LogP contribution < -0.4 is 15.5 Å². The van der Waals surface area contributed by atoms with Crippen molar-refractivity contribution in [3.8, 4) is 11.3 Å². The molecule has 2 amide bonds. The summed E-state index contributed by atoms with van der Waals surface area (Å²) in [6.07, 6.45) is 0. The first-order chi connectivity index (χ1) is 17.0. The van der Waals surface area contributed by atoms with Crippen LogP contribution in [0.4, 0.5) is 21.9 Å². The minimum atomic E-state index is -0.385. The molecule has 1 aromatic heterocycles. The molecule has 9 heteroatoms. The number of rotatable bonds is 8. The Morgan fingerprint density at radius 1 is 0.829 bits per heavy atom. The van der Waals surface area contributed by atoms with E-state index in [2.05, 4.69) is 15.5 Å². The van der Waals surface area contributed by atoms with Gasteiger partial charge in [0.2, 0.25) is 0 Å². The Balaban J connectivity index is 1.58. The molecule has 4 aromatic rings. The molecule has 0 unspecified atom stereocenters. The lowest BCUT2D eigenvalue weighted by Gasteiger charge is -2.23. The first-order valence-corrected chi connectivity index (χ1v) is 12.7. The third kappa shape index (κ3) is 6.11. The number of pyridine rings is 1. The Morgan fingerprint density at radius 2 is 1.49 bits per heavy atom. The highest BCUT2D eigenvalue weighted by molar-refractivity contribution is 6.39. The summed E-state index contributed by atoms with van der Waals surface area (Å²) in [5.41, 5.74) is 4.11. The van der Waals surface area contributed by atoms with Gasteiger partial charge in [-0.1, -0.05) is 47.5 Å². The van der Waals surface area contributed by atoms with Crippen LogP contribution in [-0.2, 0) is 0 Å². The summed E-state index contributed by atoms with van der Waals surface area (Å²) in [4.78, 5) is 19.7. The quantitative estimate of drug-likeness (QED) is 0.219. The number of carbonyl (C=O) groups is 1. The molecule has 5 nitrogen and oxygen atoms in total. The molecular weight excluding hydrogens is 526 g/mol. The summed E-state index contributed by atoms with van der Waals surface area (Å²) in [5, 5.41) is 7.57. The fraction of sp³-hybridized carbons (Fsp3) is 0.154. The summed E-state index contributed by atoms with van der Waals surface area (Å²) >= 11 is 24.6. The Hall–Kier alpha value is -2.70. The average Bonchev–Trinajstić information content (AvgIpc) is 2.84. The molecule has 0 aliphatic heterocycles. The van der Waals surface area contributed by atoms with Crippen molar-refractivity contribution in [3.63, 3.8) is 0 Å². The minimum absolute atomic E-state index is 0.385. The van der Waals surface area contributed by atoms with Crippen molar-refractivity contribution in [1.82, 2.24) is 4.98 Å². The van der Waals surface area contributed by atoms with Crippen LogP contribution in [0.5, 0.6) is 0 Å². The molecule has 0 spiro atoms. The third-order valence-electron chi connectivity index (χ3n) is 5.38.